The molecule has 8 atom stereocenters. The molecule has 1 heterocycles. The Balaban J connectivity index is 2.23. The highest BCUT2D eigenvalue weighted by Gasteiger charge is 2.44. The monoisotopic (exact) mass is 914 g/mol. The Labute approximate surface area is 394 Å². The van der Waals surface area contributed by atoms with E-state index in [0.29, 0.717) is 6.42 Å². The first-order chi connectivity index (χ1) is 31.3. The van der Waals surface area contributed by atoms with Gasteiger partial charge in [-0.25, -0.2) is 0 Å². The van der Waals surface area contributed by atoms with Crippen LogP contribution < -0.4 is 5.32 Å². The smallest absolute Gasteiger partial charge is 0.220 e. The van der Waals surface area contributed by atoms with Crippen LogP contribution in [0.15, 0.2) is 0 Å². The van der Waals surface area contributed by atoms with Crippen molar-refractivity contribution in [2.24, 2.45) is 0 Å². The predicted octanol–water partition coefficient (Wildman–Crippen LogP) is 12.0. The molecule has 0 spiro atoms. The van der Waals surface area contributed by atoms with Crippen molar-refractivity contribution in [2.75, 3.05) is 13.2 Å². The van der Waals surface area contributed by atoms with E-state index in [1.165, 1.54) is 212 Å². The minimum Gasteiger partial charge on any atom is -0.394 e. The fourth-order valence-corrected chi connectivity index (χ4v) is 9.32. The third-order valence-electron chi connectivity index (χ3n) is 13.8. The maximum absolute atomic E-state index is 13.1. The van der Waals surface area contributed by atoms with Crippen LogP contribution in [0.4, 0.5) is 0 Å². The van der Waals surface area contributed by atoms with Crippen LogP contribution in [0.5, 0.6) is 0 Å². The van der Waals surface area contributed by atoms with Crippen LogP contribution in [0.1, 0.15) is 277 Å². The Morgan fingerprint density at radius 1 is 0.484 bits per heavy atom. The number of ether oxygens (including phenoxy) is 2. The molecule has 1 amide bonds. The number of rotatable bonds is 48. The summed E-state index contributed by atoms with van der Waals surface area (Å²) in [6.07, 6.45) is 41.2. The van der Waals surface area contributed by atoms with Crippen molar-refractivity contribution in [2.45, 2.75) is 326 Å². The number of amides is 1. The molecule has 2 unspecified atom stereocenters. The second kappa shape index (κ2) is 44.6. The number of unbranched alkanes of at least 4 members (excludes halogenated alkanes) is 37. The predicted molar refractivity (Wildman–Crippen MR) is 264 cm³/mol. The van der Waals surface area contributed by atoms with Crippen molar-refractivity contribution >= 4 is 5.91 Å². The molecule has 1 fully saturated rings. The molecule has 64 heavy (non-hydrogen) atoms. The van der Waals surface area contributed by atoms with Gasteiger partial charge >= 0.3 is 0 Å². The molecule has 0 radical (unpaired) electrons. The van der Waals surface area contributed by atoms with Crippen molar-refractivity contribution in [1.82, 2.24) is 5.32 Å². The summed E-state index contributed by atoms with van der Waals surface area (Å²) in [6, 6.07) is -0.985. The van der Waals surface area contributed by atoms with Gasteiger partial charge in [0, 0.05) is 6.42 Å². The quantitative estimate of drug-likeness (QED) is 0.0294. The lowest BCUT2D eigenvalue weighted by atomic mass is 9.98. The van der Waals surface area contributed by atoms with Gasteiger partial charge in [-0.1, -0.05) is 258 Å². The second-order valence-electron chi connectivity index (χ2n) is 19.9. The summed E-state index contributed by atoms with van der Waals surface area (Å²) >= 11 is 0. The van der Waals surface area contributed by atoms with Gasteiger partial charge in [0.2, 0.25) is 5.91 Å². The van der Waals surface area contributed by atoms with Crippen LogP contribution in [-0.4, -0.2) is 98.7 Å². The van der Waals surface area contributed by atoms with Gasteiger partial charge in [-0.15, -0.1) is 0 Å². The van der Waals surface area contributed by atoms with Crippen LogP contribution in [0, 0.1) is 0 Å². The summed E-state index contributed by atoms with van der Waals surface area (Å²) in [5.74, 6) is -0.251. The van der Waals surface area contributed by atoms with Crippen molar-refractivity contribution in [3.8, 4) is 0 Å². The first kappa shape index (κ1) is 61.2. The molecule has 0 aliphatic carbocycles. The van der Waals surface area contributed by atoms with E-state index in [-0.39, 0.29) is 18.9 Å². The molecule has 0 saturated carbocycles. The van der Waals surface area contributed by atoms with Gasteiger partial charge in [-0.05, 0) is 12.8 Å². The van der Waals surface area contributed by atoms with Crippen molar-refractivity contribution in [3.05, 3.63) is 0 Å². The van der Waals surface area contributed by atoms with Crippen molar-refractivity contribution < 1.29 is 44.9 Å². The number of hydrogen-bond donors (Lipinski definition) is 7. The zero-order chi connectivity index (χ0) is 46.7. The summed E-state index contributed by atoms with van der Waals surface area (Å²) in [6.45, 7) is 3.65. The molecule has 0 aromatic carbocycles. The zero-order valence-electron chi connectivity index (χ0n) is 41.9. The van der Waals surface area contributed by atoms with Gasteiger partial charge in [0.05, 0.1) is 25.4 Å². The lowest BCUT2D eigenvalue weighted by molar-refractivity contribution is -0.303. The van der Waals surface area contributed by atoms with E-state index >= 15 is 0 Å². The summed E-state index contributed by atoms with van der Waals surface area (Å²) in [7, 11) is 0. The third-order valence-corrected chi connectivity index (χ3v) is 13.8. The lowest BCUT2D eigenvalue weighted by Gasteiger charge is -2.40. The Morgan fingerprint density at radius 3 is 1.16 bits per heavy atom. The van der Waals surface area contributed by atoms with Gasteiger partial charge in [0.1, 0.15) is 30.5 Å². The molecule has 10 nitrogen and oxygen atoms in total. The molecule has 1 aliphatic heterocycles. The SMILES string of the molecule is CCCCCCCCCCCCCCCCCCCCCCCCCCCC(=O)N[C@@H](CO[C@@H]1O[C@H](CO)[C@@H](O)C(O)C1O)[C@H](O)[C@H](O)CCCCCCCCCCCCCCCC. The van der Waals surface area contributed by atoms with Gasteiger partial charge < -0.3 is 45.4 Å². The van der Waals surface area contributed by atoms with E-state index in [4.69, 9.17) is 9.47 Å². The first-order valence-electron chi connectivity index (χ1n) is 27.8. The first-order valence-corrected chi connectivity index (χ1v) is 27.8. The van der Waals surface area contributed by atoms with Crippen LogP contribution in [0.2, 0.25) is 0 Å². The van der Waals surface area contributed by atoms with Crippen molar-refractivity contribution in [1.29, 1.82) is 0 Å². The highest BCUT2D eigenvalue weighted by molar-refractivity contribution is 5.76. The lowest BCUT2D eigenvalue weighted by Crippen LogP contribution is -2.60. The number of hydrogen-bond acceptors (Lipinski definition) is 9. The van der Waals surface area contributed by atoms with Gasteiger partial charge in [-0.2, -0.15) is 0 Å². The Bertz CT molecular complexity index is 988. The molecule has 0 aromatic rings. The summed E-state index contributed by atoms with van der Waals surface area (Å²) in [5.41, 5.74) is 0. The summed E-state index contributed by atoms with van der Waals surface area (Å²) in [5, 5.41) is 65.4. The molecule has 10 heteroatoms. The fraction of sp³-hybridized carbons (Fsp3) is 0.981. The van der Waals surface area contributed by atoms with Gasteiger partial charge in [0.25, 0.3) is 0 Å². The van der Waals surface area contributed by atoms with E-state index in [0.717, 1.165) is 38.5 Å². The third kappa shape index (κ3) is 33.6. The second-order valence-corrected chi connectivity index (χ2v) is 19.9. The van der Waals surface area contributed by atoms with E-state index < -0.39 is 55.6 Å². The maximum atomic E-state index is 13.1. The molecular formula is C54H107NO9. The van der Waals surface area contributed by atoms with Crippen molar-refractivity contribution in [3.63, 3.8) is 0 Å². The van der Waals surface area contributed by atoms with Crippen LogP contribution in [-0.2, 0) is 14.3 Å². The minimum atomic E-state index is -1.60. The van der Waals surface area contributed by atoms with Gasteiger partial charge in [0.15, 0.2) is 6.29 Å². The minimum absolute atomic E-state index is 0.251. The van der Waals surface area contributed by atoms with E-state index in [1.807, 2.05) is 0 Å². The Kier molecular flexibility index (Phi) is 42.7. The topological polar surface area (TPSA) is 169 Å². The average molecular weight is 914 g/mol. The normalized spacial score (nSPS) is 20.4. The van der Waals surface area contributed by atoms with E-state index in [9.17, 15) is 35.4 Å². The number of carbonyl (C=O) groups excluding carboxylic acids is 1. The van der Waals surface area contributed by atoms with E-state index in [2.05, 4.69) is 19.2 Å². The van der Waals surface area contributed by atoms with Gasteiger partial charge in [-0.3, -0.25) is 4.79 Å². The fourth-order valence-electron chi connectivity index (χ4n) is 9.32. The number of nitrogens with one attached hydrogen (secondary N) is 1. The average Bonchev–Trinajstić information content (AvgIpc) is 3.29. The zero-order valence-corrected chi connectivity index (χ0v) is 41.9. The summed E-state index contributed by atoms with van der Waals surface area (Å²) < 4.78 is 11.2. The highest BCUT2D eigenvalue weighted by Crippen LogP contribution is 2.23. The van der Waals surface area contributed by atoms with Crippen LogP contribution in [0.25, 0.3) is 0 Å². The molecule has 1 rings (SSSR count). The number of aliphatic hydroxyl groups is 6. The summed E-state index contributed by atoms with van der Waals surface area (Å²) in [4.78, 5) is 13.1. The standard InChI is InChI=1S/C54H107NO9/c1-3-5-7-9-11-13-15-17-19-20-21-22-23-24-25-26-27-28-29-31-33-35-37-39-41-43-49(58)55-46(45-63-54-53(62)52(61)51(60)48(44-56)64-54)50(59)47(57)42-40-38-36-34-32-30-18-16-14-12-10-8-6-4-2/h46-48,50-54,56-57,59-62H,3-45H2,1-2H3,(H,55,58)/t46-,47+,48+,50-,51+,52?,53?,54+/m0/s1. The van der Waals surface area contributed by atoms with Crippen LogP contribution in [0.3, 0.4) is 0 Å². The molecule has 7 N–H and O–H groups in total. The highest BCUT2D eigenvalue weighted by atomic mass is 16.7. The molecular weight excluding hydrogens is 807 g/mol. The molecule has 1 aliphatic rings. The largest absolute Gasteiger partial charge is 0.394 e. The molecule has 382 valence electrons. The maximum Gasteiger partial charge on any atom is 0.220 e. The number of carbonyl (C=O) groups is 1. The molecule has 0 bridgehead atoms. The number of aliphatic hydroxyl groups excluding tert-OH is 6. The Hall–Kier alpha value is -0.850. The van der Waals surface area contributed by atoms with Crippen LogP contribution >= 0.6 is 0 Å². The Morgan fingerprint density at radius 2 is 0.812 bits per heavy atom. The molecule has 1 saturated heterocycles. The molecule has 0 aromatic heterocycles. The van der Waals surface area contributed by atoms with E-state index in [1.54, 1.807) is 0 Å².